The number of amides is 2. The van der Waals surface area contributed by atoms with Crippen molar-refractivity contribution in [3.63, 3.8) is 0 Å². The Labute approximate surface area is 83.6 Å². The lowest BCUT2D eigenvalue weighted by molar-refractivity contribution is -0.141. The maximum atomic E-state index is 11.9. The number of carbonyl (C=O) groups is 2. The molecule has 14 heavy (non-hydrogen) atoms. The SMILES string of the molecule is CC(C)N1C(=O)C2CCCNC2C1=O. The minimum Gasteiger partial charge on any atom is -0.305 e. The highest BCUT2D eigenvalue weighted by Gasteiger charge is 2.48. The molecule has 0 radical (unpaired) electrons. The number of rotatable bonds is 1. The number of nitrogens with one attached hydrogen (secondary N) is 1. The topological polar surface area (TPSA) is 49.4 Å². The molecule has 4 heteroatoms. The Morgan fingerprint density at radius 2 is 2.07 bits per heavy atom. The maximum absolute atomic E-state index is 11.9. The van der Waals surface area contributed by atoms with Crippen molar-refractivity contribution in [3.05, 3.63) is 0 Å². The van der Waals surface area contributed by atoms with Gasteiger partial charge >= 0.3 is 0 Å². The Bertz CT molecular complexity index is 251. The minimum atomic E-state index is -0.237. The zero-order chi connectivity index (χ0) is 10.3. The van der Waals surface area contributed by atoms with Crippen LogP contribution in [0.5, 0.6) is 0 Å². The van der Waals surface area contributed by atoms with Gasteiger partial charge in [0.1, 0.15) is 0 Å². The lowest BCUT2D eigenvalue weighted by Crippen LogP contribution is -2.44. The van der Waals surface area contributed by atoms with Crippen molar-refractivity contribution in [3.8, 4) is 0 Å². The molecule has 2 aliphatic heterocycles. The van der Waals surface area contributed by atoms with Crippen LogP contribution in [0.15, 0.2) is 0 Å². The van der Waals surface area contributed by atoms with E-state index in [1.807, 2.05) is 13.8 Å². The van der Waals surface area contributed by atoms with Gasteiger partial charge in [0.2, 0.25) is 11.8 Å². The highest BCUT2D eigenvalue weighted by atomic mass is 16.2. The number of likely N-dealkylation sites (tertiary alicyclic amines) is 1. The summed E-state index contributed by atoms with van der Waals surface area (Å²) in [6, 6.07) is -0.249. The second-order valence-electron chi connectivity index (χ2n) is 4.32. The van der Waals surface area contributed by atoms with Crippen molar-refractivity contribution < 1.29 is 9.59 Å². The van der Waals surface area contributed by atoms with Crippen LogP contribution >= 0.6 is 0 Å². The van der Waals surface area contributed by atoms with Gasteiger partial charge in [-0.2, -0.15) is 0 Å². The van der Waals surface area contributed by atoms with Crippen molar-refractivity contribution in [2.75, 3.05) is 6.54 Å². The van der Waals surface area contributed by atoms with Crippen LogP contribution in [-0.2, 0) is 9.59 Å². The molecular weight excluding hydrogens is 180 g/mol. The van der Waals surface area contributed by atoms with E-state index in [0.29, 0.717) is 0 Å². The number of piperidine rings is 1. The molecule has 2 amide bonds. The molecule has 2 heterocycles. The molecule has 0 saturated carbocycles. The molecule has 0 spiro atoms. The molecule has 78 valence electrons. The van der Waals surface area contributed by atoms with Crippen LogP contribution in [0.25, 0.3) is 0 Å². The average molecular weight is 196 g/mol. The van der Waals surface area contributed by atoms with Crippen LogP contribution in [0.1, 0.15) is 26.7 Å². The smallest absolute Gasteiger partial charge is 0.247 e. The predicted octanol–water partition coefficient (Wildman–Crippen LogP) is 0.132. The molecule has 2 fully saturated rings. The molecule has 0 aromatic heterocycles. The number of imide groups is 1. The van der Waals surface area contributed by atoms with E-state index in [2.05, 4.69) is 5.32 Å². The number of hydrogen-bond acceptors (Lipinski definition) is 3. The fourth-order valence-electron chi connectivity index (χ4n) is 2.36. The second kappa shape index (κ2) is 3.35. The van der Waals surface area contributed by atoms with E-state index in [0.717, 1.165) is 19.4 Å². The fraction of sp³-hybridized carbons (Fsp3) is 0.800. The summed E-state index contributed by atoms with van der Waals surface area (Å²) in [5, 5.41) is 3.13. The molecule has 0 bridgehead atoms. The molecule has 2 saturated heterocycles. The summed E-state index contributed by atoms with van der Waals surface area (Å²) in [7, 11) is 0. The summed E-state index contributed by atoms with van der Waals surface area (Å²) < 4.78 is 0. The largest absolute Gasteiger partial charge is 0.305 e. The number of fused-ring (bicyclic) bond motifs is 1. The summed E-state index contributed by atoms with van der Waals surface area (Å²) in [6.07, 6.45) is 1.84. The van der Waals surface area contributed by atoms with Gasteiger partial charge in [-0.1, -0.05) is 0 Å². The van der Waals surface area contributed by atoms with E-state index in [1.54, 1.807) is 0 Å². The first-order valence-corrected chi connectivity index (χ1v) is 5.23. The minimum absolute atomic E-state index is 0.0117. The molecule has 2 rings (SSSR count). The molecule has 0 aliphatic carbocycles. The van der Waals surface area contributed by atoms with Crippen molar-refractivity contribution >= 4 is 11.8 Å². The van der Waals surface area contributed by atoms with E-state index in [-0.39, 0.29) is 29.8 Å². The first-order valence-electron chi connectivity index (χ1n) is 5.23. The van der Waals surface area contributed by atoms with Crippen LogP contribution < -0.4 is 5.32 Å². The van der Waals surface area contributed by atoms with E-state index >= 15 is 0 Å². The highest BCUT2D eigenvalue weighted by molar-refractivity contribution is 6.07. The standard InChI is InChI=1S/C10H16N2O2/c1-6(2)12-9(13)7-4-3-5-11-8(7)10(12)14/h6-8,11H,3-5H2,1-2H3. The predicted molar refractivity (Wildman–Crippen MR) is 51.5 cm³/mol. The van der Waals surface area contributed by atoms with Gasteiger partial charge in [-0.15, -0.1) is 0 Å². The van der Waals surface area contributed by atoms with Gasteiger partial charge < -0.3 is 5.32 Å². The monoisotopic (exact) mass is 196 g/mol. The molecular formula is C10H16N2O2. The number of nitrogens with zero attached hydrogens (tertiary/aromatic N) is 1. The average Bonchev–Trinajstić information content (AvgIpc) is 2.41. The van der Waals surface area contributed by atoms with Gasteiger partial charge in [-0.25, -0.2) is 0 Å². The quantitative estimate of drug-likeness (QED) is 0.606. The third-order valence-electron chi connectivity index (χ3n) is 3.03. The van der Waals surface area contributed by atoms with Gasteiger partial charge in [0.15, 0.2) is 0 Å². The summed E-state index contributed by atoms with van der Waals surface area (Å²) in [4.78, 5) is 25.1. The number of carbonyl (C=O) groups excluding carboxylic acids is 2. The Balaban J connectivity index is 2.24. The van der Waals surface area contributed by atoms with Crippen LogP contribution in [0, 0.1) is 5.92 Å². The third kappa shape index (κ3) is 1.25. The first kappa shape index (κ1) is 9.65. The maximum Gasteiger partial charge on any atom is 0.247 e. The fourth-order valence-corrected chi connectivity index (χ4v) is 2.36. The summed E-state index contributed by atoms with van der Waals surface area (Å²) in [5.74, 6) is -0.115. The molecule has 0 aromatic rings. The van der Waals surface area contributed by atoms with Gasteiger partial charge in [0, 0.05) is 6.04 Å². The molecule has 2 aliphatic rings. The Hall–Kier alpha value is -0.900. The molecule has 0 aromatic carbocycles. The van der Waals surface area contributed by atoms with E-state index < -0.39 is 0 Å². The van der Waals surface area contributed by atoms with Crippen molar-refractivity contribution in [1.82, 2.24) is 10.2 Å². The molecule has 2 unspecified atom stereocenters. The first-order chi connectivity index (χ1) is 6.63. The highest BCUT2D eigenvalue weighted by Crippen LogP contribution is 2.28. The number of hydrogen-bond donors (Lipinski definition) is 1. The Morgan fingerprint density at radius 3 is 2.64 bits per heavy atom. The summed E-state index contributed by atoms with van der Waals surface area (Å²) in [5.41, 5.74) is 0. The van der Waals surface area contributed by atoms with E-state index in [4.69, 9.17) is 0 Å². The molecule has 4 nitrogen and oxygen atoms in total. The third-order valence-corrected chi connectivity index (χ3v) is 3.03. The van der Waals surface area contributed by atoms with Gasteiger partial charge in [0.25, 0.3) is 0 Å². The Morgan fingerprint density at radius 1 is 1.36 bits per heavy atom. The lowest BCUT2D eigenvalue weighted by Gasteiger charge is -2.21. The molecule has 1 N–H and O–H groups in total. The van der Waals surface area contributed by atoms with E-state index in [9.17, 15) is 9.59 Å². The van der Waals surface area contributed by atoms with Gasteiger partial charge in [-0.3, -0.25) is 14.5 Å². The van der Waals surface area contributed by atoms with Gasteiger partial charge in [-0.05, 0) is 33.2 Å². The van der Waals surface area contributed by atoms with Crippen LogP contribution in [0.3, 0.4) is 0 Å². The summed E-state index contributed by atoms with van der Waals surface area (Å²) >= 11 is 0. The van der Waals surface area contributed by atoms with Crippen molar-refractivity contribution in [1.29, 1.82) is 0 Å². The van der Waals surface area contributed by atoms with Crippen molar-refractivity contribution in [2.45, 2.75) is 38.8 Å². The van der Waals surface area contributed by atoms with Gasteiger partial charge in [0.05, 0.1) is 12.0 Å². The van der Waals surface area contributed by atoms with E-state index in [1.165, 1.54) is 4.90 Å². The van der Waals surface area contributed by atoms with Crippen molar-refractivity contribution in [2.24, 2.45) is 5.92 Å². The zero-order valence-corrected chi connectivity index (χ0v) is 8.62. The second-order valence-corrected chi connectivity index (χ2v) is 4.32. The van der Waals surface area contributed by atoms with Crippen LogP contribution in [0.4, 0.5) is 0 Å². The zero-order valence-electron chi connectivity index (χ0n) is 8.62. The van der Waals surface area contributed by atoms with Crippen LogP contribution in [0.2, 0.25) is 0 Å². The summed E-state index contributed by atoms with van der Waals surface area (Å²) in [6.45, 7) is 4.62. The normalized spacial score (nSPS) is 32.6. The van der Waals surface area contributed by atoms with Crippen LogP contribution in [-0.4, -0.2) is 35.3 Å². The Kier molecular flexibility index (Phi) is 2.31. The lowest BCUT2D eigenvalue weighted by atomic mass is 9.93. The molecule has 2 atom stereocenters.